The molecule has 9 N–H and O–H groups in total. The van der Waals surface area contributed by atoms with Gasteiger partial charge in [-0.3, -0.25) is 34.1 Å². The zero-order valence-corrected chi connectivity index (χ0v) is 56.4. The predicted molar refractivity (Wildman–Crippen MR) is 345 cm³/mol. The van der Waals surface area contributed by atoms with Gasteiger partial charge < -0.3 is 85.2 Å². The topological polar surface area (TPSA) is 376 Å². The number of anilines is 2. The van der Waals surface area contributed by atoms with Crippen molar-refractivity contribution in [3.05, 3.63) is 75.3 Å². The van der Waals surface area contributed by atoms with Crippen LogP contribution in [-0.2, 0) is 73.2 Å². The maximum atomic E-state index is 14.5. The van der Waals surface area contributed by atoms with Crippen LogP contribution in [0.4, 0.5) is 21.0 Å². The lowest BCUT2D eigenvalue weighted by Crippen LogP contribution is -2.63. The number of urea groups is 1. The predicted octanol–water partition coefficient (Wildman–Crippen LogP) is 3.87. The molecule has 3 fully saturated rings. The Morgan fingerprint density at radius 2 is 1.63 bits per heavy atom. The molecule has 2 aromatic rings. The second-order valence-electron chi connectivity index (χ2n) is 23.6. The fraction of sp³-hybridized carbons (Fsp3) is 0.565. The molecule has 0 unspecified atom stereocenters. The Kier molecular flexibility index (Phi) is 27.3. The van der Waals surface area contributed by atoms with Crippen molar-refractivity contribution in [2.45, 2.75) is 147 Å². The lowest BCUT2D eigenvalue weighted by Gasteiger charge is -2.42. The summed E-state index contributed by atoms with van der Waals surface area (Å²) in [5.74, 6) is -6.18. The third-order valence-corrected chi connectivity index (χ3v) is 17.3. The molecule has 3 saturated heterocycles. The van der Waals surface area contributed by atoms with E-state index in [2.05, 4.69) is 31.9 Å². The number of ether oxygens (including phenoxy) is 7. The highest BCUT2D eigenvalue weighted by Gasteiger charge is 2.64. The number of nitrogens with zero attached hydrogens (tertiary/aromatic N) is 3. The number of rotatable bonds is 26. The molecule has 0 spiro atoms. The number of hydrogen-bond donors (Lipinski definition) is 8. The van der Waals surface area contributed by atoms with Gasteiger partial charge in [0.25, 0.3) is 17.7 Å². The highest BCUT2D eigenvalue weighted by molar-refractivity contribution is 7.80. The smallest absolute Gasteiger partial charge is 0.409 e. The number of nitrogens with one attached hydrogen (secondary N) is 6. The van der Waals surface area contributed by atoms with Crippen LogP contribution in [0.15, 0.2) is 54.1 Å². The molecule has 4 bridgehead atoms. The summed E-state index contributed by atoms with van der Waals surface area (Å²) in [6.07, 6.45) is -0.141. The minimum absolute atomic E-state index is 0.0157. The van der Waals surface area contributed by atoms with E-state index in [0.717, 1.165) is 16.0 Å². The molecule has 0 radical (unpaired) electrons. The van der Waals surface area contributed by atoms with Gasteiger partial charge >= 0.3 is 24.1 Å². The highest BCUT2D eigenvalue weighted by atomic mass is 35.5. The molecular formula is C62H84Cl2N10O19S. The van der Waals surface area contributed by atoms with Gasteiger partial charge in [0, 0.05) is 65.2 Å². The molecule has 4 heterocycles. The first-order valence-corrected chi connectivity index (χ1v) is 31.6. The number of methoxy groups -OCH3 is 2. The summed E-state index contributed by atoms with van der Waals surface area (Å²) in [6, 6.07) is 3.26. The number of allylic oxidation sites excluding steroid dienone is 3. The molecule has 6 rings (SSSR count). The van der Waals surface area contributed by atoms with Crippen LogP contribution in [0.2, 0.25) is 10.0 Å². The Hall–Kier alpha value is -7.71. The number of fused-ring (bicyclic) bond motifs is 5. The number of hydroxylamine groups is 2. The van der Waals surface area contributed by atoms with Crippen molar-refractivity contribution in [1.82, 2.24) is 36.5 Å². The number of primary amides is 1. The van der Waals surface area contributed by atoms with Gasteiger partial charge in [-0.25, -0.2) is 19.2 Å². The molecule has 2 aromatic carbocycles. The van der Waals surface area contributed by atoms with Crippen molar-refractivity contribution in [3.63, 3.8) is 0 Å². The summed E-state index contributed by atoms with van der Waals surface area (Å²) >= 11 is 19.1. The number of aliphatic hydroxyl groups is 1. The number of halogens is 2. The van der Waals surface area contributed by atoms with E-state index in [-0.39, 0.29) is 110 Å². The normalized spacial score (nSPS) is 24.0. The number of benzene rings is 2. The van der Waals surface area contributed by atoms with Crippen molar-refractivity contribution in [3.8, 4) is 5.75 Å². The summed E-state index contributed by atoms with van der Waals surface area (Å²) in [7, 11) is 5.70. The fourth-order valence-corrected chi connectivity index (χ4v) is 11.5. The number of alkyl carbamates (subject to hydrolysis) is 1. The Labute approximate surface area is 559 Å². The minimum atomic E-state index is -1.93. The number of epoxide rings is 1. The average Bonchev–Trinajstić information content (AvgIpc) is 1.57. The molecule has 10 atom stereocenters. The zero-order valence-electron chi connectivity index (χ0n) is 54.1. The Balaban J connectivity index is 1.09. The SMILES string of the molecule is COc1cc2cc(c1Cl)N(C)C(=O)C[C@H](OC(=O)[C@H](C)N(C)C(=O)c1ccc(NC(=O)[C@H](CCCNC(N)=O)NC(=O)[C@@H](NC(=S)NCCOCCOCCC(=O)ON3C(=O)CCC3=O)C(C)C)cc1Cl)[C@]1(C)O[C@H]1[C@H](C)[C@@H]1C[C@@](O)(NC(=O)O1)[C@H](OC)/C=C/C=C(\C)C2. The molecule has 0 aromatic heterocycles. The third kappa shape index (κ3) is 20.2. The molecule has 94 heavy (non-hydrogen) atoms. The molecule has 4 aliphatic rings. The number of imide groups is 1. The maximum absolute atomic E-state index is 14.5. The van der Waals surface area contributed by atoms with Gasteiger partial charge in [-0.2, -0.15) is 0 Å². The Bertz CT molecular complexity index is 3220. The van der Waals surface area contributed by atoms with Crippen LogP contribution in [0.25, 0.3) is 0 Å². The zero-order chi connectivity index (χ0) is 69.4. The number of carbonyl (C=O) groups is 10. The van der Waals surface area contributed by atoms with Crippen LogP contribution in [0.5, 0.6) is 5.75 Å². The number of likely N-dealkylation sites (N-methyl/N-ethyl adjacent to an activating group) is 1. The summed E-state index contributed by atoms with van der Waals surface area (Å²) in [5.41, 5.74) is 3.88. The lowest BCUT2D eigenvalue weighted by atomic mass is 9.83. The second kappa shape index (κ2) is 34.1. The summed E-state index contributed by atoms with van der Waals surface area (Å²) in [6.45, 7) is 10.9. The summed E-state index contributed by atoms with van der Waals surface area (Å²) < 4.78 is 40.5. The second-order valence-corrected chi connectivity index (χ2v) is 24.8. The van der Waals surface area contributed by atoms with Gasteiger partial charge in [0.15, 0.2) is 10.8 Å². The lowest BCUT2D eigenvalue weighted by molar-refractivity contribution is -0.198. The Morgan fingerprint density at radius 1 is 0.936 bits per heavy atom. The monoisotopic (exact) mass is 1370 g/mol. The molecule has 0 saturated carbocycles. The molecule has 4 aliphatic heterocycles. The van der Waals surface area contributed by atoms with E-state index in [9.17, 15) is 53.1 Å². The minimum Gasteiger partial charge on any atom is -0.495 e. The number of nitrogens with two attached hydrogens (primary N) is 1. The summed E-state index contributed by atoms with van der Waals surface area (Å²) in [4.78, 5) is 138. The first kappa shape index (κ1) is 75.3. The van der Waals surface area contributed by atoms with Crippen molar-refractivity contribution < 1.29 is 91.0 Å². The van der Waals surface area contributed by atoms with Crippen LogP contribution >= 0.6 is 35.4 Å². The van der Waals surface area contributed by atoms with Gasteiger partial charge in [-0.15, -0.1) is 5.06 Å². The molecule has 0 aliphatic carbocycles. The van der Waals surface area contributed by atoms with Gasteiger partial charge in [0.1, 0.15) is 52.8 Å². The number of thiocarbonyl (C=S) groups is 1. The molecule has 9 amide bonds. The van der Waals surface area contributed by atoms with Crippen LogP contribution in [0.3, 0.4) is 0 Å². The van der Waals surface area contributed by atoms with Crippen LogP contribution in [-0.4, -0.2) is 201 Å². The number of carbonyl (C=O) groups excluding carboxylic acids is 10. The number of amides is 9. The van der Waals surface area contributed by atoms with Crippen molar-refractivity contribution in [2.24, 2.45) is 17.6 Å². The van der Waals surface area contributed by atoms with E-state index >= 15 is 0 Å². The fourth-order valence-electron chi connectivity index (χ4n) is 10.7. The van der Waals surface area contributed by atoms with Crippen molar-refractivity contribution >= 4 is 111 Å². The van der Waals surface area contributed by atoms with Gasteiger partial charge in [0.2, 0.25) is 17.7 Å². The summed E-state index contributed by atoms with van der Waals surface area (Å²) in [5, 5.41) is 28.9. The van der Waals surface area contributed by atoms with Crippen LogP contribution < -0.4 is 47.3 Å². The van der Waals surface area contributed by atoms with E-state index in [0.29, 0.717) is 22.9 Å². The number of esters is 1. The molecule has 516 valence electrons. The van der Waals surface area contributed by atoms with E-state index < -0.39 is 126 Å². The average molecular weight is 1380 g/mol. The maximum Gasteiger partial charge on any atom is 0.409 e. The van der Waals surface area contributed by atoms with Crippen molar-refractivity contribution in [1.29, 1.82) is 0 Å². The van der Waals surface area contributed by atoms with Crippen molar-refractivity contribution in [2.75, 3.05) is 78.0 Å². The van der Waals surface area contributed by atoms with Crippen LogP contribution in [0.1, 0.15) is 102 Å². The van der Waals surface area contributed by atoms with E-state index in [1.54, 1.807) is 52.0 Å². The first-order chi connectivity index (χ1) is 44.4. The largest absolute Gasteiger partial charge is 0.495 e. The molecule has 32 heteroatoms. The Morgan fingerprint density at radius 3 is 2.28 bits per heavy atom. The highest BCUT2D eigenvalue weighted by Crippen LogP contribution is 2.49. The molecular weight excluding hydrogens is 1290 g/mol. The van der Waals surface area contributed by atoms with Gasteiger partial charge in [0.05, 0.1) is 68.8 Å². The van der Waals surface area contributed by atoms with E-state index in [1.807, 2.05) is 13.0 Å². The quantitative estimate of drug-likeness (QED) is 0.0218. The van der Waals surface area contributed by atoms with E-state index in [1.165, 1.54) is 58.3 Å². The standard InChI is InChI=1S/C62H84Cl2N10O19S/c1-33(2)52(70-59(94)67-22-24-89-26-25-88-23-20-50(78)93-74-47(75)18-19-48(74)76)55(80)69-41(14-12-21-66-58(65)83)54(79)68-38-16-17-39(40(63)30-38)56(81)72(7)36(5)57(82)91-46-31-49(77)73(8)42-28-37(29-43(86-9)51(42)64)27-34(3)13-11-15-45(87-10)62(85)32-44(90-60(84)71-62)35(4)53-61(46,6)92-53/h11,13,15-17,28-30,33,35-36,41,44-46,52-53,85H,12,14,18-27,31-32H2,1-10H3,(H,68,79)(H,69,80)(H,71,84)(H3,65,66,83)(H2,67,70,94)/b15-11+,34-13+/t35-,36+,41+,44+,45-,46+,52+,53+,61+,62+/m1/s1. The van der Waals surface area contributed by atoms with Gasteiger partial charge in [-0.1, -0.05) is 67.8 Å². The van der Waals surface area contributed by atoms with Gasteiger partial charge in [-0.05, 0) is 94.1 Å². The number of hydrogen-bond acceptors (Lipinski definition) is 20. The molecule has 29 nitrogen and oxygen atoms in total. The van der Waals surface area contributed by atoms with E-state index in [4.69, 9.17) is 79.1 Å². The first-order valence-electron chi connectivity index (χ1n) is 30.5. The van der Waals surface area contributed by atoms with Crippen LogP contribution in [0, 0.1) is 11.8 Å². The third-order valence-electron chi connectivity index (χ3n) is 16.3.